The minimum atomic E-state index is -0.256. The molecule has 2 aromatic carbocycles. The van der Waals surface area contributed by atoms with Gasteiger partial charge in [0.2, 0.25) is 0 Å². The summed E-state index contributed by atoms with van der Waals surface area (Å²) < 4.78 is 5.30. The SMILES string of the molecule is Cc1ccc(C(=O)NC2CCCCCCC2)cc1NC(=O)c1nsc2ccccc12. The molecule has 1 saturated carbocycles. The van der Waals surface area contributed by atoms with Crippen molar-refractivity contribution in [3.63, 3.8) is 0 Å². The number of carbonyl (C=O) groups is 2. The molecular formula is C24H27N3O2S. The van der Waals surface area contributed by atoms with Gasteiger partial charge in [0.05, 0.1) is 4.70 Å². The number of aromatic nitrogens is 1. The van der Waals surface area contributed by atoms with Crippen molar-refractivity contribution >= 4 is 39.1 Å². The minimum absolute atomic E-state index is 0.0739. The van der Waals surface area contributed by atoms with E-state index < -0.39 is 0 Å². The van der Waals surface area contributed by atoms with Gasteiger partial charge in [-0.2, -0.15) is 4.37 Å². The fourth-order valence-corrected chi connectivity index (χ4v) is 4.77. The fraction of sp³-hybridized carbons (Fsp3) is 0.375. The lowest BCUT2D eigenvalue weighted by Crippen LogP contribution is -2.35. The highest BCUT2D eigenvalue weighted by molar-refractivity contribution is 7.13. The second kappa shape index (κ2) is 9.39. The molecule has 1 aliphatic carbocycles. The lowest BCUT2D eigenvalue weighted by Gasteiger charge is -2.21. The zero-order valence-corrected chi connectivity index (χ0v) is 18.1. The van der Waals surface area contributed by atoms with E-state index in [1.54, 1.807) is 6.07 Å². The van der Waals surface area contributed by atoms with Gasteiger partial charge in [0, 0.05) is 22.7 Å². The summed E-state index contributed by atoms with van der Waals surface area (Å²) in [7, 11) is 0. The molecule has 0 atom stereocenters. The van der Waals surface area contributed by atoms with Gasteiger partial charge >= 0.3 is 0 Å². The van der Waals surface area contributed by atoms with Gasteiger partial charge < -0.3 is 10.6 Å². The summed E-state index contributed by atoms with van der Waals surface area (Å²) in [5.74, 6) is -0.330. The van der Waals surface area contributed by atoms with E-state index in [1.807, 2.05) is 43.3 Å². The van der Waals surface area contributed by atoms with Crippen molar-refractivity contribution in [2.75, 3.05) is 5.32 Å². The van der Waals surface area contributed by atoms with Crippen molar-refractivity contribution in [3.8, 4) is 0 Å². The van der Waals surface area contributed by atoms with Crippen LogP contribution >= 0.6 is 11.5 Å². The van der Waals surface area contributed by atoms with E-state index in [1.165, 1.54) is 43.6 Å². The molecule has 2 N–H and O–H groups in total. The van der Waals surface area contributed by atoms with Crippen molar-refractivity contribution in [3.05, 3.63) is 59.3 Å². The molecule has 30 heavy (non-hydrogen) atoms. The maximum atomic E-state index is 12.8. The van der Waals surface area contributed by atoms with Gasteiger partial charge in [-0.25, -0.2) is 0 Å². The number of nitrogens with one attached hydrogen (secondary N) is 2. The molecule has 156 valence electrons. The van der Waals surface area contributed by atoms with Gasteiger partial charge in [0.25, 0.3) is 11.8 Å². The summed E-state index contributed by atoms with van der Waals surface area (Å²) in [5.41, 5.74) is 2.54. The van der Waals surface area contributed by atoms with Crippen molar-refractivity contribution in [1.82, 2.24) is 9.69 Å². The van der Waals surface area contributed by atoms with Crippen molar-refractivity contribution in [2.24, 2.45) is 0 Å². The second-order valence-electron chi connectivity index (χ2n) is 8.03. The Morgan fingerprint density at radius 3 is 2.50 bits per heavy atom. The van der Waals surface area contributed by atoms with E-state index in [0.29, 0.717) is 16.9 Å². The van der Waals surface area contributed by atoms with Crippen LogP contribution in [0, 0.1) is 6.92 Å². The molecule has 0 saturated heterocycles. The van der Waals surface area contributed by atoms with Crippen LogP contribution in [0.15, 0.2) is 42.5 Å². The molecule has 5 nitrogen and oxygen atoms in total. The lowest BCUT2D eigenvalue weighted by molar-refractivity contribution is 0.0929. The number of hydrogen-bond acceptors (Lipinski definition) is 4. The van der Waals surface area contributed by atoms with Crippen molar-refractivity contribution in [2.45, 2.75) is 57.9 Å². The first kappa shape index (κ1) is 20.5. The molecule has 1 aromatic heterocycles. The highest BCUT2D eigenvalue weighted by Gasteiger charge is 2.18. The van der Waals surface area contributed by atoms with E-state index in [9.17, 15) is 9.59 Å². The van der Waals surface area contributed by atoms with Gasteiger partial charge in [0.15, 0.2) is 0 Å². The first-order chi connectivity index (χ1) is 14.6. The number of amides is 2. The largest absolute Gasteiger partial charge is 0.349 e. The van der Waals surface area contributed by atoms with Crippen LogP contribution in [0.3, 0.4) is 0 Å². The summed E-state index contributed by atoms with van der Waals surface area (Å²) in [4.78, 5) is 25.7. The normalized spacial score (nSPS) is 15.4. The second-order valence-corrected chi connectivity index (χ2v) is 8.83. The van der Waals surface area contributed by atoms with E-state index in [4.69, 9.17) is 0 Å². The smallest absolute Gasteiger partial charge is 0.276 e. The first-order valence-corrected chi connectivity index (χ1v) is 11.5. The number of nitrogens with zero attached hydrogens (tertiary/aromatic N) is 1. The van der Waals surface area contributed by atoms with Crippen LogP contribution in [-0.2, 0) is 0 Å². The minimum Gasteiger partial charge on any atom is -0.349 e. The van der Waals surface area contributed by atoms with Crippen LogP contribution in [0.2, 0.25) is 0 Å². The number of anilines is 1. The Hall–Kier alpha value is -2.73. The number of fused-ring (bicyclic) bond motifs is 1. The summed E-state index contributed by atoms with van der Waals surface area (Å²) >= 11 is 1.31. The topological polar surface area (TPSA) is 71.1 Å². The third-order valence-corrected chi connectivity index (χ3v) is 6.61. The van der Waals surface area contributed by atoms with Gasteiger partial charge in [-0.1, -0.05) is 56.4 Å². The Bertz CT molecular complexity index is 1050. The Morgan fingerprint density at radius 1 is 0.967 bits per heavy atom. The van der Waals surface area contributed by atoms with E-state index in [-0.39, 0.29) is 17.9 Å². The molecule has 1 heterocycles. The van der Waals surface area contributed by atoms with Crippen molar-refractivity contribution < 1.29 is 9.59 Å². The Morgan fingerprint density at radius 2 is 1.70 bits per heavy atom. The van der Waals surface area contributed by atoms with Crippen LogP contribution in [0.5, 0.6) is 0 Å². The summed E-state index contributed by atoms with van der Waals surface area (Å²) in [6.45, 7) is 1.92. The third-order valence-electron chi connectivity index (χ3n) is 5.78. The molecule has 3 aromatic rings. The van der Waals surface area contributed by atoms with E-state index in [2.05, 4.69) is 15.0 Å². The molecule has 2 amide bonds. The average Bonchev–Trinajstić information content (AvgIpc) is 3.15. The van der Waals surface area contributed by atoms with Crippen LogP contribution in [0.1, 0.15) is 71.4 Å². The zero-order valence-electron chi connectivity index (χ0n) is 17.2. The quantitative estimate of drug-likeness (QED) is 0.568. The maximum absolute atomic E-state index is 12.8. The number of carbonyl (C=O) groups excluding carboxylic acids is 2. The Labute approximate surface area is 181 Å². The molecular weight excluding hydrogens is 394 g/mol. The summed E-state index contributed by atoms with van der Waals surface area (Å²) in [5, 5.41) is 6.98. The average molecular weight is 422 g/mol. The third kappa shape index (κ3) is 4.70. The molecule has 1 aliphatic rings. The Kier molecular flexibility index (Phi) is 6.43. The highest BCUT2D eigenvalue weighted by atomic mass is 32.1. The number of benzene rings is 2. The van der Waals surface area contributed by atoms with Crippen LogP contribution in [-0.4, -0.2) is 22.2 Å². The molecule has 0 bridgehead atoms. The molecule has 6 heteroatoms. The first-order valence-electron chi connectivity index (χ1n) is 10.7. The lowest BCUT2D eigenvalue weighted by atomic mass is 9.96. The van der Waals surface area contributed by atoms with Gasteiger partial charge in [-0.15, -0.1) is 0 Å². The Balaban J connectivity index is 1.48. The number of aryl methyl sites for hydroxylation is 1. The molecule has 0 radical (unpaired) electrons. The number of rotatable bonds is 4. The highest BCUT2D eigenvalue weighted by Crippen LogP contribution is 2.25. The van der Waals surface area contributed by atoms with Crippen LogP contribution in [0.4, 0.5) is 5.69 Å². The number of hydrogen-bond donors (Lipinski definition) is 2. The monoisotopic (exact) mass is 421 g/mol. The maximum Gasteiger partial charge on any atom is 0.276 e. The van der Waals surface area contributed by atoms with Crippen LogP contribution < -0.4 is 10.6 Å². The standard InChI is InChI=1S/C24H27N3O2S/c1-16-13-14-17(23(28)25-18-9-5-3-2-4-6-10-18)15-20(16)26-24(29)22-19-11-7-8-12-21(19)30-27-22/h7-8,11-15,18H,2-6,9-10H2,1H3,(H,25,28)(H,26,29). The molecule has 1 fully saturated rings. The van der Waals surface area contributed by atoms with Crippen LogP contribution in [0.25, 0.3) is 10.1 Å². The predicted molar refractivity (Wildman–Crippen MR) is 122 cm³/mol. The summed E-state index contributed by atoms with van der Waals surface area (Å²) in [6.07, 6.45) is 8.21. The summed E-state index contributed by atoms with van der Waals surface area (Å²) in [6, 6.07) is 13.4. The van der Waals surface area contributed by atoms with Crippen molar-refractivity contribution in [1.29, 1.82) is 0 Å². The van der Waals surface area contributed by atoms with E-state index in [0.717, 1.165) is 28.5 Å². The molecule has 4 rings (SSSR count). The van der Waals surface area contributed by atoms with Gasteiger partial charge in [-0.05, 0) is 55.1 Å². The van der Waals surface area contributed by atoms with Gasteiger partial charge in [-0.3, -0.25) is 9.59 Å². The molecule has 0 aliphatic heterocycles. The molecule has 0 spiro atoms. The van der Waals surface area contributed by atoms with Gasteiger partial charge in [0.1, 0.15) is 5.69 Å². The fourth-order valence-electron chi connectivity index (χ4n) is 4.00. The predicted octanol–water partition coefficient (Wildman–Crippen LogP) is 5.70. The zero-order chi connectivity index (χ0) is 20.9. The molecule has 0 unspecified atom stereocenters. The van der Waals surface area contributed by atoms with E-state index >= 15 is 0 Å².